The number of carbonyl (C=O) groups excluding carboxylic acids is 2. The van der Waals surface area contributed by atoms with Crippen molar-refractivity contribution in [3.63, 3.8) is 0 Å². The van der Waals surface area contributed by atoms with E-state index in [2.05, 4.69) is 16.0 Å². The van der Waals surface area contributed by atoms with Crippen LogP contribution in [-0.4, -0.2) is 35.3 Å². The zero-order valence-electron chi connectivity index (χ0n) is 20.2. The van der Waals surface area contributed by atoms with Gasteiger partial charge in [-0.05, 0) is 30.2 Å². The average molecular weight is 485 g/mol. The van der Waals surface area contributed by atoms with Crippen molar-refractivity contribution in [1.82, 2.24) is 20.6 Å². The van der Waals surface area contributed by atoms with Gasteiger partial charge in [0.2, 0.25) is 0 Å². The van der Waals surface area contributed by atoms with Crippen LogP contribution < -0.4 is 20.3 Å². The molecular weight excluding hydrogens is 456 g/mol. The third-order valence-corrected chi connectivity index (χ3v) is 5.42. The summed E-state index contributed by atoms with van der Waals surface area (Å²) in [5, 5.41) is 4.65. The Hall–Kier alpha value is -4.59. The lowest BCUT2D eigenvalue weighted by Gasteiger charge is -2.12. The molecule has 0 saturated carbocycles. The second-order valence-electron chi connectivity index (χ2n) is 8.06. The molecule has 8 nitrogen and oxygen atoms in total. The highest BCUT2D eigenvalue weighted by molar-refractivity contribution is 6.02. The molecule has 1 heterocycles. The summed E-state index contributed by atoms with van der Waals surface area (Å²) in [5.41, 5.74) is 8.03. The Bertz CT molecular complexity index is 1320. The molecule has 8 heteroatoms. The van der Waals surface area contributed by atoms with E-state index in [0.29, 0.717) is 41.5 Å². The van der Waals surface area contributed by atoms with Crippen molar-refractivity contribution in [3.8, 4) is 22.8 Å². The van der Waals surface area contributed by atoms with E-state index in [4.69, 9.17) is 9.47 Å². The topological polar surface area (TPSA) is 94.5 Å². The van der Waals surface area contributed by atoms with Gasteiger partial charge >= 0.3 is 0 Å². The number of aromatic nitrogens is 2. The quantitative estimate of drug-likeness (QED) is 0.342. The standard InChI is InChI=1S/C28H28N4O4/c1-3-16-36-24-15-14-22(17-25(24)35-2)27(33)29-30-28(34)23-19-32(18-20-10-6-4-7-11-20)31-26(23)21-12-8-5-9-13-21/h4-15,17,19H,3,16,18H2,1-2H3,(H,29,33)(H,30,34). The van der Waals surface area contributed by atoms with E-state index in [9.17, 15) is 9.59 Å². The van der Waals surface area contributed by atoms with Crippen LogP contribution in [0.4, 0.5) is 0 Å². The third-order valence-electron chi connectivity index (χ3n) is 5.42. The highest BCUT2D eigenvalue weighted by atomic mass is 16.5. The highest BCUT2D eigenvalue weighted by Gasteiger charge is 2.19. The molecule has 0 radical (unpaired) electrons. The van der Waals surface area contributed by atoms with Crippen LogP contribution in [0.25, 0.3) is 11.3 Å². The van der Waals surface area contributed by atoms with Crippen LogP contribution in [0.15, 0.2) is 85.1 Å². The fraction of sp³-hybridized carbons (Fsp3) is 0.179. The maximum Gasteiger partial charge on any atom is 0.273 e. The van der Waals surface area contributed by atoms with Crippen LogP contribution in [0.2, 0.25) is 0 Å². The molecule has 4 aromatic rings. The first-order chi connectivity index (χ1) is 17.6. The summed E-state index contributed by atoms with van der Waals surface area (Å²) in [4.78, 5) is 25.8. The monoisotopic (exact) mass is 484 g/mol. The molecule has 3 aromatic carbocycles. The molecule has 0 fully saturated rings. The smallest absolute Gasteiger partial charge is 0.273 e. The number of benzene rings is 3. The summed E-state index contributed by atoms with van der Waals surface area (Å²) in [6, 6.07) is 24.2. The lowest BCUT2D eigenvalue weighted by atomic mass is 10.1. The molecule has 0 spiro atoms. The molecule has 1 aromatic heterocycles. The molecule has 0 aliphatic rings. The zero-order valence-corrected chi connectivity index (χ0v) is 20.2. The minimum Gasteiger partial charge on any atom is -0.493 e. The minimum absolute atomic E-state index is 0.319. The van der Waals surface area contributed by atoms with Gasteiger partial charge in [0.05, 0.1) is 25.8 Å². The fourth-order valence-corrected chi connectivity index (χ4v) is 3.64. The molecule has 2 amide bonds. The fourth-order valence-electron chi connectivity index (χ4n) is 3.64. The van der Waals surface area contributed by atoms with E-state index in [0.717, 1.165) is 17.5 Å². The van der Waals surface area contributed by atoms with Crippen LogP contribution in [0.1, 0.15) is 39.6 Å². The van der Waals surface area contributed by atoms with E-state index in [1.54, 1.807) is 29.1 Å². The SMILES string of the molecule is CCCOc1ccc(C(=O)NNC(=O)c2cn(Cc3ccccc3)nc2-c2ccccc2)cc1OC. The van der Waals surface area contributed by atoms with Crippen molar-refractivity contribution in [3.05, 3.63) is 102 Å². The van der Waals surface area contributed by atoms with E-state index >= 15 is 0 Å². The van der Waals surface area contributed by atoms with Gasteiger partial charge in [0, 0.05) is 17.3 Å². The van der Waals surface area contributed by atoms with Gasteiger partial charge in [-0.1, -0.05) is 67.6 Å². The van der Waals surface area contributed by atoms with E-state index in [1.807, 2.05) is 67.6 Å². The van der Waals surface area contributed by atoms with E-state index in [-0.39, 0.29) is 0 Å². The Kier molecular flexibility index (Phi) is 7.97. The molecule has 0 aliphatic carbocycles. The van der Waals surface area contributed by atoms with Gasteiger partial charge in [-0.15, -0.1) is 0 Å². The summed E-state index contributed by atoms with van der Waals surface area (Å²) >= 11 is 0. The van der Waals surface area contributed by atoms with Gasteiger partial charge in [-0.25, -0.2) is 0 Å². The number of hydrogen-bond acceptors (Lipinski definition) is 5. The second kappa shape index (κ2) is 11.7. The average Bonchev–Trinajstić information content (AvgIpc) is 3.35. The van der Waals surface area contributed by atoms with Gasteiger partial charge in [0.15, 0.2) is 11.5 Å². The van der Waals surface area contributed by atoms with Crippen LogP contribution in [0.3, 0.4) is 0 Å². The van der Waals surface area contributed by atoms with Crippen molar-refractivity contribution >= 4 is 11.8 Å². The summed E-state index contributed by atoms with van der Waals surface area (Å²) < 4.78 is 12.7. The van der Waals surface area contributed by atoms with Crippen molar-refractivity contribution < 1.29 is 19.1 Å². The second-order valence-corrected chi connectivity index (χ2v) is 8.06. The first-order valence-corrected chi connectivity index (χ1v) is 11.7. The summed E-state index contributed by atoms with van der Waals surface area (Å²) in [6.07, 6.45) is 2.53. The lowest BCUT2D eigenvalue weighted by molar-refractivity contribution is 0.0846. The van der Waals surface area contributed by atoms with E-state index in [1.165, 1.54) is 7.11 Å². The molecule has 0 aliphatic heterocycles. The van der Waals surface area contributed by atoms with Gasteiger partial charge in [-0.3, -0.25) is 25.1 Å². The van der Waals surface area contributed by atoms with Crippen LogP contribution in [0, 0.1) is 0 Å². The number of nitrogens with one attached hydrogen (secondary N) is 2. The minimum atomic E-state index is -0.485. The van der Waals surface area contributed by atoms with Crippen molar-refractivity contribution in [2.45, 2.75) is 19.9 Å². The summed E-state index contributed by atoms with van der Waals surface area (Å²) in [6.45, 7) is 3.05. The normalized spacial score (nSPS) is 10.5. The third kappa shape index (κ3) is 5.90. The predicted octanol–water partition coefficient (Wildman–Crippen LogP) is 4.47. The Morgan fingerprint density at radius 1 is 0.889 bits per heavy atom. The lowest BCUT2D eigenvalue weighted by Crippen LogP contribution is -2.41. The molecular formula is C28H28N4O4. The first-order valence-electron chi connectivity index (χ1n) is 11.7. The number of hydrazine groups is 1. The van der Waals surface area contributed by atoms with Crippen molar-refractivity contribution in [2.75, 3.05) is 13.7 Å². The molecule has 2 N–H and O–H groups in total. The number of amides is 2. The number of ether oxygens (including phenoxy) is 2. The van der Waals surface area contributed by atoms with Crippen LogP contribution in [0.5, 0.6) is 11.5 Å². The predicted molar refractivity (Wildman–Crippen MR) is 137 cm³/mol. The summed E-state index contributed by atoms with van der Waals surface area (Å²) in [5.74, 6) is 0.0345. The molecule has 184 valence electrons. The van der Waals surface area contributed by atoms with Crippen molar-refractivity contribution in [2.24, 2.45) is 0 Å². The Morgan fingerprint density at radius 3 is 2.28 bits per heavy atom. The maximum atomic E-state index is 13.1. The number of methoxy groups -OCH3 is 1. The zero-order chi connectivity index (χ0) is 25.3. The largest absolute Gasteiger partial charge is 0.493 e. The van der Waals surface area contributed by atoms with Gasteiger partial charge in [0.25, 0.3) is 11.8 Å². The Balaban J connectivity index is 1.51. The number of rotatable bonds is 9. The number of carbonyl (C=O) groups is 2. The molecule has 0 atom stereocenters. The van der Waals surface area contributed by atoms with Gasteiger partial charge in [0.1, 0.15) is 5.69 Å². The molecule has 0 saturated heterocycles. The van der Waals surface area contributed by atoms with Crippen molar-refractivity contribution in [1.29, 1.82) is 0 Å². The van der Waals surface area contributed by atoms with Crippen LogP contribution >= 0.6 is 0 Å². The molecule has 0 bridgehead atoms. The summed E-state index contributed by atoms with van der Waals surface area (Å²) in [7, 11) is 1.51. The molecule has 4 rings (SSSR count). The number of hydrogen-bond donors (Lipinski definition) is 2. The Labute approximate surface area is 209 Å². The van der Waals surface area contributed by atoms with E-state index < -0.39 is 11.8 Å². The number of nitrogens with zero attached hydrogens (tertiary/aromatic N) is 2. The molecule has 36 heavy (non-hydrogen) atoms. The maximum absolute atomic E-state index is 13.1. The first kappa shape index (κ1) is 24.5. The molecule has 0 unspecified atom stereocenters. The van der Waals surface area contributed by atoms with Crippen LogP contribution in [-0.2, 0) is 6.54 Å². The van der Waals surface area contributed by atoms with Gasteiger partial charge < -0.3 is 9.47 Å². The highest BCUT2D eigenvalue weighted by Crippen LogP contribution is 2.28. The Morgan fingerprint density at radius 2 is 1.58 bits per heavy atom. The van der Waals surface area contributed by atoms with Gasteiger partial charge in [-0.2, -0.15) is 5.10 Å².